The average molecular weight is 399 g/mol. The van der Waals surface area contributed by atoms with Crippen molar-refractivity contribution in [2.24, 2.45) is 0 Å². The zero-order chi connectivity index (χ0) is 15.7. The second-order valence-corrected chi connectivity index (χ2v) is 4.00. The van der Waals surface area contributed by atoms with Gasteiger partial charge in [-0.3, -0.25) is 29.0 Å². The Balaban J connectivity index is 0. The Hall–Kier alpha value is -1.54. The van der Waals surface area contributed by atoms with Gasteiger partial charge in [0.05, 0.1) is 26.2 Å². The molecule has 0 bridgehead atoms. The molecule has 11 heteroatoms. The first-order valence-electron chi connectivity index (χ1n) is 5.52. The van der Waals surface area contributed by atoms with Gasteiger partial charge in [0.25, 0.3) is 0 Å². The fraction of sp³-hybridized carbons (Fsp3) is 0.600. The summed E-state index contributed by atoms with van der Waals surface area (Å²) >= 11 is 0. The van der Waals surface area contributed by atoms with E-state index in [0.29, 0.717) is 0 Å². The van der Waals surface area contributed by atoms with Gasteiger partial charge in [0.2, 0.25) is 0 Å². The van der Waals surface area contributed by atoms with Gasteiger partial charge < -0.3 is 20.4 Å². The minimum absolute atomic E-state index is 0. The Morgan fingerprint density at radius 1 is 0.571 bits per heavy atom. The predicted molar refractivity (Wildman–Crippen MR) is 63.4 cm³/mol. The van der Waals surface area contributed by atoms with E-state index in [1.165, 1.54) is 0 Å². The minimum Gasteiger partial charge on any atom is -0.480 e. The summed E-state index contributed by atoms with van der Waals surface area (Å²) in [6, 6.07) is 0. The second-order valence-electron chi connectivity index (χ2n) is 4.00. The standard InChI is InChI=1S/C10H16N2O8.Pd/c13-7(14)3-11(4-8(15)16)1-2-12(5-9(17)18)6-10(19)20;/h1-6H2,(H,13,14)(H,15,16)(H,17,18)(H,19,20);. The Labute approximate surface area is 133 Å². The molecule has 0 heterocycles. The van der Waals surface area contributed by atoms with Crippen LogP contribution in [0.1, 0.15) is 0 Å². The minimum atomic E-state index is -1.23. The Kier molecular flexibility index (Phi) is 11.6. The van der Waals surface area contributed by atoms with Crippen molar-refractivity contribution in [1.29, 1.82) is 0 Å². The summed E-state index contributed by atoms with van der Waals surface area (Å²) in [6.07, 6.45) is 0. The van der Waals surface area contributed by atoms with Gasteiger partial charge in [0.15, 0.2) is 0 Å². The van der Waals surface area contributed by atoms with Crippen LogP contribution in [0.4, 0.5) is 0 Å². The van der Waals surface area contributed by atoms with Crippen molar-refractivity contribution in [3.63, 3.8) is 0 Å². The molecule has 0 saturated heterocycles. The zero-order valence-electron chi connectivity index (χ0n) is 10.9. The smallest absolute Gasteiger partial charge is 0.317 e. The van der Waals surface area contributed by atoms with Crippen LogP contribution in [0.2, 0.25) is 0 Å². The van der Waals surface area contributed by atoms with Gasteiger partial charge in [-0.15, -0.1) is 0 Å². The van der Waals surface area contributed by atoms with E-state index in [2.05, 4.69) is 0 Å². The molecule has 0 aromatic rings. The van der Waals surface area contributed by atoms with Crippen molar-refractivity contribution >= 4 is 23.9 Å². The molecule has 10 nitrogen and oxygen atoms in total. The molecular formula is C10H16N2O8Pd. The van der Waals surface area contributed by atoms with Crippen LogP contribution in [-0.4, -0.2) is 93.4 Å². The number of carboxylic acids is 4. The molecular weight excluding hydrogens is 383 g/mol. The summed E-state index contributed by atoms with van der Waals surface area (Å²) in [5.41, 5.74) is 0. The van der Waals surface area contributed by atoms with Gasteiger partial charge >= 0.3 is 23.9 Å². The van der Waals surface area contributed by atoms with Crippen molar-refractivity contribution < 1.29 is 60.0 Å². The number of carbonyl (C=O) groups is 4. The molecule has 124 valence electrons. The quantitative estimate of drug-likeness (QED) is 0.285. The zero-order valence-corrected chi connectivity index (χ0v) is 12.4. The Bertz CT molecular complexity index is 321. The largest absolute Gasteiger partial charge is 0.480 e. The SMILES string of the molecule is O=C(O)CN(CCN(CC(=O)O)CC(=O)O)CC(=O)O.[Pd]. The average Bonchev–Trinajstić information content (AvgIpc) is 2.22. The molecule has 21 heavy (non-hydrogen) atoms. The summed E-state index contributed by atoms with van der Waals surface area (Å²) in [5.74, 6) is -4.91. The van der Waals surface area contributed by atoms with Gasteiger partial charge in [-0.05, 0) is 0 Å². The molecule has 0 aliphatic rings. The summed E-state index contributed by atoms with van der Waals surface area (Å²) in [4.78, 5) is 44.4. The first-order chi connectivity index (χ1) is 9.20. The molecule has 0 amide bonds. The third-order valence-corrected chi connectivity index (χ3v) is 2.17. The van der Waals surface area contributed by atoms with E-state index in [4.69, 9.17) is 20.4 Å². The number of nitrogens with zero attached hydrogens (tertiary/aromatic N) is 2. The summed E-state index contributed by atoms with van der Waals surface area (Å²) < 4.78 is 0. The maximum absolute atomic E-state index is 10.6. The number of rotatable bonds is 11. The van der Waals surface area contributed by atoms with Crippen molar-refractivity contribution in [3.8, 4) is 0 Å². The van der Waals surface area contributed by atoms with Gasteiger partial charge in [-0.2, -0.15) is 0 Å². The second kappa shape index (κ2) is 11.2. The molecule has 0 atom stereocenters. The number of aliphatic carboxylic acids is 4. The monoisotopic (exact) mass is 398 g/mol. The van der Waals surface area contributed by atoms with E-state index in [1.807, 2.05) is 0 Å². The van der Waals surface area contributed by atoms with Crippen LogP contribution < -0.4 is 0 Å². The van der Waals surface area contributed by atoms with Gasteiger partial charge in [-0.25, -0.2) is 0 Å². The van der Waals surface area contributed by atoms with Crippen LogP contribution in [0.25, 0.3) is 0 Å². The summed E-state index contributed by atoms with van der Waals surface area (Å²) in [7, 11) is 0. The third-order valence-electron chi connectivity index (χ3n) is 2.17. The molecule has 0 fully saturated rings. The van der Waals surface area contributed by atoms with Crippen LogP contribution in [0.5, 0.6) is 0 Å². The van der Waals surface area contributed by atoms with Crippen LogP contribution >= 0.6 is 0 Å². The molecule has 0 aliphatic heterocycles. The number of carboxylic acid groups (broad SMARTS) is 4. The van der Waals surface area contributed by atoms with Gasteiger partial charge in [-0.1, -0.05) is 0 Å². The summed E-state index contributed by atoms with van der Waals surface area (Å²) in [5, 5.41) is 34.5. The first kappa shape index (κ1) is 21.8. The van der Waals surface area contributed by atoms with Crippen molar-refractivity contribution in [3.05, 3.63) is 0 Å². The molecule has 0 aliphatic carbocycles. The fourth-order valence-corrected chi connectivity index (χ4v) is 1.48. The molecule has 0 aromatic carbocycles. The normalized spacial score (nSPS) is 10.2. The fourth-order valence-electron chi connectivity index (χ4n) is 1.48. The van der Waals surface area contributed by atoms with Crippen LogP contribution in [-0.2, 0) is 39.6 Å². The van der Waals surface area contributed by atoms with Crippen molar-refractivity contribution in [2.45, 2.75) is 0 Å². The van der Waals surface area contributed by atoms with E-state index in [0.717, 1.165) is 9.80 Å². The Morgan fingerprint density at radius 2 is 0.762 bits per heavy atom. The van der Waals surface area contributed by atoms with Crippen LogP contribution in [0.3, 0.4) is 0 Å². The maximum atomic E-state index is 10.6. The molecule has 0 saturated carbocycles. The molecule has 0 aromatic heterocycles. The summed E-state index contributed by atoms with van der Waals surface area (Å²) in [6.45, 7) is -2.25. The van der Waals surface area contributed by atoms with Gasteiger partial charge in [0, 0.05) is 33.5 Å². The predicted octanol–water partition coefficient (Wildman–Crippen LogP) is -2.07. The van der Waals surface area contributed by atoms with E-state index in [1.54, 1.807) is 0 Å². The molecule has 0 radical (unpaired) electrons. The van der Waals surface area contributed by atoms with Crippen molar-refractivity contribution in [1.82, 2.24) is 9.80 Å². The third kappa shape index (κ3) is 13.2. The molecule has 4 N–H and O–H groups in total. The van der Waals surface area contributed by atoms with E-state index in [-0.39, 0.29) is 33.5 Å². The number of hydrogen-bond donors (Lipinski definition) is 4. The van der Waals surface area contributed by atoms with E-state index in [9.17, 15) is 19.2 Å². The van der Waals surface area contributed by atoms with E-state index < -0.39 is 50.1 Å². The topological polar surface area (TPSA) is 156 Å². The first-order valence-corrected chi connectivity index (χ1v) is 5.52. The molecule has 0 spiro atoms. The number of hydrogen-bond acceptors (Lipinski definition) is 6. The van der Waals surface area contributed by atoms with E-state index >= 15 is 0 Å². The maximum Gasteiger partial charge on any atom is 0.317 e. The van der Waals surface area contributed by atoms with Crippen LogP contribution in [0, 0.1) is 0 Å². The van der Waals surface area contributed by atoms with Crippen molar-refractivity contribution in [2.75, 3.05) is 39.3 Å². The Morgan fingerprint density at radius 3 is 0.905 bits per heavy atom. The van der Waals surface area contributed by atoms with Crippen LogP contribution in [0.15, 0.2) is 0 Å². The van der Waals surface area contributed by atoms with Gasteiger partial charge in [0.1, 0.15) is 0 Å². The molecule has 0 unspecified atom stereocenters. The molecule has 0 rings (SSSR count).